The van der Waals surface area contributed by atoms with E-state index in [2.05, 4.69) is 41.9 Å². The molecule has 0 unspecified atom stereocenters. The summed E-state index contributed by atoms with van der Waals surface area (Å²) in [5.74, 6) is 0. The summed E-state index contributed by atoms with van der Waals surface area (Å²) in [5.41, 5.74) is 1.24. The topological polar surface area (TPSA) is 17.0 Å². The normalized spacial score (nSPS) is 11.6. The predicted octanol–water partition coefficient (Wildman–Crippen LogP) is 4.07. The minimum absolute atomic E-state index is 0.576. The molecule has 2 rings (SSSR count). The number of nitrogens with one attached hydrogen (secondary N) is 1. The molecule has 0 aliphatic carbocycles. The van der Waals surface area contributed by atoms with E-state index in [4.69, 9.17) is 11.6 Å². The number of aromatic nitrogens is 1. The van der Waals surface area contributed by atoms with Gasteiger partial charge in [-0.2, -0.15) is 0 Å². The molecule has 0 spiro atoms. The van der Waals surface area contributed by atoms with Gasteiger partial charge in [0.15, 0.2) is 0 Å². The molecule has 0 bridgehead atoms. The van der Waals surface area contributed by atoms with E-state index in [0.717, 1.165) is 23.5 Å². The molecule has 1 heterocycles. The first kappa shape index (κ1) is 13.4. The summed E-state index contributed by atoms with van der Waals surface area (Å²) in [6.07, 6.45) is 4.42. The summed E-state index contributed by atoms with van der Waals surface area (Å²) in [5, 5.41) is 5.44. The van der Waals surface area contributed by atoms with Crippen LogP contribution in [0.5, 0.6) is 0 Å². The number of hydrogen-bond donors (Lipinski definition) is 1. The van der Waals surface area contributed by atoms with Crippen LogP contribution in [-0.4, -0.2) is 17.2 Å². The third-order valence-electron chi connectivity index (χ3n) is 3.12. The summed E-state index contributed by atoms with van der Waals surface area (Å²) >= 11 is 6.23. The van der Waals surface area contributed by atoms with Gasteiger partial charge in [-0.05, 0) is 25.5 Å². The quantitative estimate of drug-likeness (QED) is 0.778. The number of rotatable bonds is 6. The Kier molecular flexibility index (Phi) is 4.67. The zero-order valence-electron chi connectivity index (χ0n) is 11.1. The molecule has 1 aromatic carbocycles. The van der Waals surface area contributed by atoms with Crippen molar-refractivity contribution in [3.05, 3.63) is 35.5 Å². The van der Waals surface area contributed by atoms with Gasteiger partial charge in [-0.15, -0.1) is 0 Å². The lowest BCUT2D eigenvalue weighted by atomic mass is 10.2. The van der Waals surface area contributed by atoms with Crippen LogP contribution in [0.15, 0.2) is 30.5 Å². The second-order valence-corrected chi connectivity index (χ2v) is 5.41. The van der Waals surface area contributed by atoms with Crippen LogP contribution in [0, 0.1) is 0 Å². The summed E-state index contributed by atoms with van der Waals surface area (Å²) in [7, 11) is 0. The molecule has 0 radical (unpaired) electrons. The zero-order valence-corrected chi connectivity index (χ0v) is 11.9. The van der Waals surface area contributed by atoms with Gasteiger partial charge in [-0.1, -0.05) is 43.6 Å². The molecule has 0 fully saturated rings. The average molecular weight is 265 g/mol. The van der Waals surface area contributed by atoms with Gasteiger partial charge in [0, 0.05) is 29.7 Å². The lowest BCUT2D eigenvalue weighted by molar-refractivity contribution is 0.536. The van der Waals surface area contributed by atoms with Crippen LogP contribution >= 0.6 is 11.6 Å². The maximum atomic E-state index is 6.23. The van der Waals surface area contributed by atoms with Gasteiger partial charge in [-0.25, -0.2) is 0 Å². The third kappa shape index (κ3) is 3.27. The van der Waals surface area contributed by atoms with E-state index in [0.29, 0.717) is 6.04 Å². The van der Waals surface area contributed by atoms with Crippen molar-refractivity contribution < 1.29 is 0 Å². The molecule has 0 aliphatic rings. The highest BCUT2D eigenvalue weighted by Crippen LogP contribution is 2.25. The fraction of sp³-hybridized carbons (Fsp3) is 0.467. The van der Waals surface area contributed by atoms with Crippen molar-refractivity contribution >= 4 is 22.5 Å². The molecule has 0 aliphatic heterocycles. The third-order valence-corrected chi connectivity index (χ3v) is 3.42. The summed E-state index contributed by atoms with van der Waals surface area (Å²) < 4.78 is 2.26. The molecule has 2 aromatic rings. The molecule has 3 heteroatoms. The van der Waals surface area contributed by atoms with E-state index in [1.54, 1.807) is 0 Å². The number of unbranched alkanes of at least 4 members (excludes halogenated alkanes) is 1. The lowest BCUT2D eigenvalue weighted by Gasteiger charge is -2.08. The Balaban J connectivity index is 1.92. The van der Waals surface area contributed by atoms with Gasteiger partial charge < -0.3 is 9.88 Å². The molecule has 1 N–H and O–H groups in total. The average Bonchev–Trinajstić information content (AvgIpc) is 2.66. The molecule has 2 nitrogen and oxygen atoms in total. The first-order valence-corrected chi connectivity index (χ1v) is 7.03. The van der Waals surface area contributed by atoms with E-state index in [1.807, 2.05) is 12.3 Å². The van der Waals surface area contributed by atoms with Gasteiger partial charge in [0.1, 0.15) is 0 Å². The Labute approximate surface area is 114 Å². The monoisotopic (exact) mass is 264 g/mol. The standard InChI is InChI=1S/C15H21ClN2/c1-12(2)17-9-5-6-10-18-11-14(16)13-7-3-4-8-15(13)18/h3-4,7-8,11-12,17H,5-6,9-10H2,1-2H3. The van der Waals surface area contributed by atoms with Gasteiger partial charge in [0.2, 0.25) is 0 Å². The van der Waals surface area contributed by atoms with E-state index in [9.17, 15) is 0 Å². The van der Waals surface area contributed by atoms with Gasteiger partial charge in [0.25, 0.3) is 0 Å². The Hall–Kier alpha value is -0.990. The Morgan fingerprint density at radius 3 is 2.78 bits per heavy atom. The molecular weight excluding hydrogens is 244 g/mol. The van der Waals surface area contributed by atoms with Crippen molar-refractivity contribution in [3.63, 3.8) is 0 Å². The Morgan fingerprint density at radius 2 is 2.00 bits per heavy atom. The number of hydrogen-bond acceptors (Lipinski definition) is 1. The van der Waals surface area contributed by atoms with Crippen LogP contribution in [0.25, 0.3) is 10.9 Å². The molecule has 0 atom stereocenters. The van der Waals surface area contributed by atoms with Crippen molar-refractivity contribution in [2.24, 2.45) is 0 Å². The Morgan fingerprint density at radius 1 is 1.22 bits per heavy atom. The largest absolute Gasteiger partial charge is 0.346 e. The van der Waals surface area contributed by atoms with Crippen LogP contribution in [0.3, 0.4) is 0 Å². The lowest BCUT2D eigenvalue weighted by Crippen LogP contribution is -2.23. The number of para-hydroxylation sites is 1. The van der Waals surface area contributed by atoms with E-state index in [1.165, 1.54) is 18.4 Å². The SMILES string of the molecule is CC(C)NCCCCn1cc(Cl)c2ccccc21. The molecular formula is C15H21ClN2. The first-order valence-electron chi connectivity index (χ1n) is 6.65. The minimum Gasteiger partial charge on any atom is -0.346 e. The smallest absolute Gasteiger partial charge is 0.0661 e. The highest BCUT2D eigenvalue weighted by molar-refractivity contribution is 6.35. The van der Waals surface area contributed by atoms with Gasteiger partial charge >= 0.3 is 0 Å². The molecule has 0 amide bonds. The summed E-state index contributed by atoms with van der Waals surface area (Å²) in [6.45, 7) is 6.48. The second kappa shape index (κ2) is 6.26. The number of halogens is 1. The maximum absolute atomic E-state index is 6.23. The maximum Gasteiger partial charge on any atom is 0.0661 e. The van der Waals surface area contributed by atoms with E-state index >= 15 is 0 Å². The van der Waals surface area contributed by atoms with Gasteiger partial charge in [-0.3, -0.25) is 0 Å². The highest BCUT2D eigenvalue weighted by atomic mass is 35.5. The van der Waals surface area contributed by atoms with Crippen LogP contribution in [0.2, 0.25) is 5.02 Å². The van der Waals surface area contributed by atoms with Crippen molar-refractivity contribution in [2.75, 3.05) is 6.54 Å². The first-order chi connectivity index (χ1) is 8.68. The van der Waals surface area contributed by atoms with Crippen LogP contribution in [0.1, 0.15) is 26.7 Å². The molecule has 1 aromatic heterocycles. The number of nitrogens with zero attached hydrogens (tertiary/aromatic N) is 1. The van der Waals surface area contributed by atoms with E-state index < -0.39 is 0 Å². The van der Waals surface area contributed by atoms with Crippen LogP contribution in [-0.2, 0) is 6.54 Å². The summed E-state index contributed by atoms with van der Waals surface area (Å²) in [4.78, 5) is 0. The molecule has 18 heavy (non-hydrogen) atoms. The molecule has 98 valence electrons. The zero-order chi connectivity index (χ0) is 13.0. The number of aryl methyl sites for hydroxylation is 1. The summed E-state index contributed by atoms with van der Waals surface area (Å²) in [6, 6.07) is 8.88. The molecule has 0 saturated carbocycles. The van der Waals surface area contributed by atoms with Crippen molar-refractivity contribution in [1.29, 1.82) is 0 Å². The second-order valence-electron chi connectivity index (χ2n) is 5.00. The van der Waals surface area contributed by atoms with Crippen molar-refractivity contribution in [2.45, 2.75) is 39.3 Å². The fourth-order valence-electron chi connectivity index (χ4n) is 2.18. The highest BCUT2D eigenvalue weighted by Gasteiger charge is 2.05. The van der Waals surface area contributed by atoms with Crippen molar-refractivity contribution in [3.8, 4) is 0 Å². The number of benzene rings is 1. The van der Waals surface area contributed by atoms with Crippen molar-refractivity contribution in [1.82, 2.24) is 9.88 Å². The van der Waals surface area contributed by atoms with Crippen LogP contribution in [0.4, 0.5) is 0 Å². The molecule has 0 saturated heterocycles. The Bertz CT molecular complexity index is 502. The van der Waals surface area contributed by atoms with Gasteiger partial charge in [0.05, 0.1) is 5.02 Å². The minimum atomic E-state index is 0.576. The van der Waals surface area contributed by atoms with Crippen LogP contribution < -0.4 is 5.32 Å². The predicted molar refractivity (Wildman–Crippen MR) is 79.3 cm³/mol. The fourth-order valence-corrected chi connectivity index (χ4v) is 2.46. The van der Waals surface area contributed by atoms with E-state index in [-0.39, 0.29) is 0 Å². The number of fused-ring (bicyclic) bond motifs is 1.